The van der Waals surface area contributed by atoms with Crippen LogP contribution in [-0.2, 0) is 6.54 Å². The molecule has 0 aliphatic rings. The van der Waals surface area contributed by atoms with E-state index >= 15 is 0 Å². The minimum atomic E-state index is 0.618. The molecule has 0 aliphatic carbocycles. The Kier molecular flexibility index (Phi) is 5.52. The van der Waals surface area contributed by atoms with E-state index in [1.165, 1.54) is 17.9 Å². The van der Waals surface area contributed by atoms with Crippen LogP contribution in [0.1, 0.15) is 24.0 Å². The lowest BCUT2D eigenvalue weighted by Crippen LogP contribution is -2.30. The largest absolute Gasteiger partial charge is 0.308 e. The molecule has 14 heavy (non-hydrogen) atoms. The first kappa shape index (κ1) is 12.0. The SMILES string of the molecule is CCC(CSC)NCc1csc(C)n1. The van der Waals surface area contributed by atoms with Crippen molar-refractivity contribution >= 4 is 23.1 Å². The standard InChI is InChI=1S/C10H18N2S2/c1-4-9(6-13-3)11-5-10-7-14-8(2)12-10/h7,9,11H,4-6H2,1-3H3. The van der Waals surface area contributed by atoms with Gasteiger partial charge < -0.3 is 5.32 Å². The molecule has 0 spiro atoms. The van der Waals surface area contributed by atoms with Crippen molar-refractivity contribution in [2.24, 2.45) is 0 Å². The van der Waals surface area contributed by atoms with E-state index in [-0.39, 0.29) is 0 Å². The molecule has 2 nitrogen and oxygen atoms in total. The van der Waals surface area contributed by atoms with Crippen LogP contribution in [0.25, 0.3) is 0 Å². The number of thiazole rings is 1. The van der Waals surface area contributed by atoms with Crippen molar-refractivity contribution in [2.75, 3.05) is 12.0 Å². The second-order valence-electron chi connectivity index (χ2n) is 3.30. The maximum absolute atomic E-state index is 4.43. The van der Waals surface area contributed by atoms with Crippen LogP contribution >= 0.6 is 23.1 Å². The minimum absolute atomic E-state index is 0.618. The molecule has 1 aromatic heterocycles. The zero-order valence-electron chi connectivity index (χ0n) is 9.04. The van der Waals surface area contributed by atoms with Crippen LogP contribution in [0.2, 0.25) is 0 Å². The topological polar surface area (TPSA) is 24.9 Å². The molecule has 1 rings (SSSR count). The Morgan fingerprint density at radius 3 is 2.93 bits per heavy atom. The fourth-order valence-electron chi connectivity index (χ4n) is 1.26. The molecule has 1 N–H and O–H groups in total. The lowest BCUT2D eigenvalue weighted by atomic mass is 10.2. The van der Waals surface area contributed by atoms with Crippen LogP contribution in [0.3, 0.4) is 0 Å². The van der Waals surface area contributed by atoms with Crippen molar-refractivity contribution in [3.63, 3.8) is 0 Å². The van der Waals surface area contributed by atoms with Crippen molar-refractivity contribution in [3.05, 3.63) is 16.1 Å². The summed E-state index contributed by atoms with van der Waals surface area (Å²) in [5.41, 5.74) is 1.17. The van der Waals surface area contributed by atoms with Crippen LogP contribution in [0.5, 0.6) is 0 Å². The number of hydrogen-bond acceptors (Lipinski definition) is 4. The summed E-state index contributed by atoms with van der Waals surface area (Å²) in [6.07, 6.45) is 3.33. The maximum Gasteiger partial charge on any atom is 0.0897 e. The maximum atomic E-state index is 4.43. The summed E-state index contributed by atoms with van der Waals surface area (Å²) in [5.74, 6) is 1.18. The molecule has 0 aromatic carbocycles. The molecule has 4 heteroatoms. The number of aryl methyl sites for hydroxylation is 1. The highest BCUT2D eigenvalue weighted by Crippen LogP contribution is 2.08. The molecule has 1 unspecified atom stereocenters. The van der Waals surface area contributed by atoms with Crippen molar-refractivity contribution < 1.29 is 0 Å². The molecule has 0 fully saturated rings. The third-order valence-corrected chi connectivity index (χ3v) is 3.66. The summed E-state index contributed by atoms with van der Waals surface area (Å²) in [7, 11) is 0. The summed E-state index contributed by atoms with van der Waals surface area (Å²) in [5, 5.41) is 6.81. The fraction of sp³-hybridized carbons (Fsp3) is 0.700. The number of hydrogen-bond donors (Lipinski definition) is 1. The van der Waals surface area contributed by atoms with Gasteiger partial charge in [-0.1, -0.05) is 6.92 Å². The molecule has 0 amide bonds. The Labute approximate surface area is 94.5 Å². The van der Waals surface area contributed by atoms with Gasteiger partial charge in [-0.15, -0.1) is 11.3 Å². The van der Waals surface area contributed by atoms with E-state index in [2.05, 4.69) is 28.9 Å². The highest BCUT2D eigenvalue weighted by Gasteiger charge is 2.05. The third-order valence-electron chi connectivity index (χ3n) is 2.10. The van der Waals surface area contributed by atoms with Gasteiger partial charge in [0, 0.05) is 23.7 Å². The number of thioether (sulfide) groups is 1. The summed E-state index contributed by atoms with van der Waals surface area (Å²) >= 11 is 3.62. The molecule has 0 aliphatic heterocycles. The van der Waals surface area contributed by atoms with Crippen LogP contribution in [0.4, 0.5) is 0 Å². The second kappa shape index (κ2) is 6.43. The summed E-state index contributed by atoms with van der Waals surface area (Å²) in [4.78, 5) is 4.43. The first-order valence-electron chi connectivity index (χ1n) is 4.89. The number of nitrogens with one attached hydrogen (secondary N) is 1. The first-order valence-corrected chi connectivity index (χ1v) is 7.17. The molecule has 0 bridgehead atoms. The summed E-state index contributed by atoms with van der Waals surface area (Å²) in [6.45, 7) is 5.18. The Balaban J connectivity index is 2.31. The van der Waals surface area contributed by atoms with Gasteiger partial charge in [0.25, 0.3) is 0 Å². The van der Waals surface area contributed by atoms with E-state index in [0.717, 1.165) is 11.6 Å². The monoisotopic (exact) mass is 230 g/mol. The number of nitrogens with zero attached hydrogens (tertiary/aromatic N) is 1. The Bertz CT molecular complexity index is 260. The van der Waals surface area contributed by atoms with Gasteiger partial charge in [0.1, 0.15) is 0 Å². The average Bonchev–Trinajstić information content (AvgIpc) is 2.59. The van der Waals surface area contributed by atoms with Crippen LogP contribution in [-0.4, -0.2) is 23.0 Å². The molecular formula is C10H18N2S2. The smallest absolute Gasteiger partial charge is 0.0897 e. The fourth-order valence-corrected chi connectivity index (χ4v) is 2.63. The lowest BCUT2D eigenvalue weighted by molar-refractivity contribution is 0.537. The molecule has 0 saturated heterocycles. The van der Waals surface area contributed by atoms with Crippen molar-refractivity contribution in [2.45, 2.75) is 32.9 Å². The van der Waals surface area contributed by atoms with Gasteiger partial charge in [-0.3, -0.25) is 0 Å². The van der Waals surface area contributed by atoms with Crippen LogP contribution in [0, 0.1) is 6.92 Å². The molecule has 80 valence electrons. The molecule has 1 atom stereocenters. The highest BCUT2D eigenvalue weighted by atomic mass is 32.2. The molecule has 1 heterocycles. The predicted octanol–water partition coefficient (Wildman–Crippen LogP) is 2.68. The molecular weight excluding hydrogens is 212 g/mol. The van der Waals surface area contributed by atoms with Crippen LogP contribution < -0.4 is 5.32 Å². The van der Waals surface area contributed by atoms with E-state index in [1.54, 1.807) is 11.3 Å². The van der Waals surface area contributed by atoms with Gasteiger partial charge in [0.05, 0.1) is 10.7 Å². The lowest BCUT2D eigenvalue weighted by Gasteiger charge is -2.14. The minimum Gasteiger partial charge on any atom is -0.308 e. The van der Waals surface area contributed by atoms with Gasteiger partial charge in [-0.2, -0.15) is 11.8 Å². The van der Waals surface area contributed by atoms with Gasteiger partial charge in [0.2, 0.25) is 0 Å². The zero-order valence-corrected chi connectivity index (χ0v) is 10.7. The van der Waals surface area contributed by atoms with Crippen molar-refractivity contribution in [3.8, 4) is 0 Å². The Morgan fingerprint density at radius 2 is 2.43 bits per heavy atom. The first-order chi connectivity index (χ1) is 6.76. The van der Waals surface area contributed by atoms with Gasteiger partial charge >= 0.3 is 0 Å². The average molecular weight is 230 g/mol. The summed E-state index contributed by atoms with van der Waals surface area (Å²) in [6, 6.07) is 0.618. The molecule has 1 aromatic rings. The van der Waals surface area contributed by atoms with Crippen LogP contribution in [0.15, 0.2) is 5.38 Å². The number of aromatic nitrogens is 1. The molecule has 0 saturated carbocycles. The second-order valence-corrected chi connectivity index (χ2v) is 5.27. The third kappa shape index (κ3) is 3.98. The highest BCUT2D eigenvalue weighted by molar-refractivity contribution is 7.98. The van der Waals surface area contributed by atoms with E-state index in [1.807, 2.05) is 18.7 Å². The van der Waals surface area contributed by atoms with Gasteiger partial charge in [-0.25, -0.2) is 4.98 Å². The zero-order chi connectivity index (χ0) is 10.4. The van der Waals surface area contributed by atoms with Gasteiger partial charge in [-0.05, 0) is 19.6 Å². The molecule has 0 radical (unpaired) electrons. The van der Waals surface area contributed by atoms with Gasteiger partial charge in [0.15, 0.2) is 0 Å². The number of rotatable bonds is 6. The quantitative estimate of drug-likeness (QED) is 0.813. The van der Waals surface area contributed by atoms with E-state index in [9.17, 15) is 0 Å². The normalized spacial score (nSPS) is 13.1. The van der Waals surface area contributed by atoms with Crippen molar-refractivity contribution in [1.82, 2.24) is 10.3 Å². The van der Waals surface area contributed by atoms with E-state index in [4.69, 9.17) is 0 Å². The summed E-state index contributed by atoms with van der Waals surface area (Å²) < 4.78 is 0. The Morgan fingerprint density at radius 1 is 1.64 bits per heavy atom. The van der Waals surface area contributed by atoms with E-state index in [0.29, 0.717) is 6.04 Å². The predicted molar refractivity (Wildman–Crippen MR) is 66.2 cm³/mol. The van der Waals surface area contributed by atoms with E-state index < -0.39 is 0 Å². The van der Waals surface area contributed by atoms with Crippen molar-refractivity contribution in [1.29, 1.82) is 0 Å². The Hall–Kier alpha value is -0.0600.